The van der Waals surface area contributed by atoms with Crippen molar-refractivity contribution < 1.29 is 14.3 Å². The summed E-state index contributed by atoms with van der Waals surface area (Å²) in [5.41, 5.74) is 0. The lowest BCUT2D eigenvalue weighted by molar-refractivity contribution is 0.0580. The van der Waals surface area contributed by atoms with Crippen LogP contribution in [0.4, 0.5) is 4.79 Å². The van der Waals surface area contributed by atoms with Crippen LogP contribution in [0.25, 0.3) is 0 Å². The maximum Gasteiger partial charge on any atom is 0.508 e. The lowest BCUT2D eigenvalue weighted by atomic mass is 10.2. The molecule has 0 amide bonds. The molecule has 0 aromatic rings. The highest BCUT2D eigenvalue weighted by atomic mass is 16.7. The summed E-state index contributed by atoms with van der Waals surface area (Å²) in [6.45, 7) is 1.03. The first-order chi connectivity index (χ1) is 4.89. The molecule has 10 heavy (non-hydrogen) atoms. The molecular formula is C7H12O3. The van der Waals surface area contributed by atoms with Crippen molar-refractivity contribution in [3.05, 3.63) is 0 Å². The average Bonchev–Trinajstić information content (AvgIpc) is 2.02. The van der Waals surface area contributed by atoms with Gasteiger partial charge in [0, 0.05) is 0 Å². The van der Waals surface area contributed by atoms with Crippen molar-refractivity contribution in [3.63, 3.8) is 0 Å². The third-order valence-electron chi connectivity index (χ3n) is 1.48. The van der Waals surface area contributed by atoms with Gasteiger partial charge in [-0.3, -0.25) is 0 Å². The molecule has 0 aromatic heterocycles. The number of cyclic esters (lactones) is 2. The molecule has 1 fully saturated rings. The Morgan fingerprint density at radius 1 is 0.900 bits per heavy atom. The van der Waals surface area contributed by atoms with E-state index in [-0.39, 0.29) is 0 Å². The fraction of sp³-hybridized carbons (Fsp3) is 0.857. The molecular weight excluding hydrogens is 132 g/mol. The molecule has 0 bridgehead atoms. The molecule has 58 valence electrons. The van der Waals surface area contributed by atoms with Crippen molar-refractivity contribution in [2.75, 3.05) is 13.2 Å². The number of hydrogen-bond donors (Lipinski definition) is 0. The summed E-state index contributed by atoms with van der Waals surface area (Å²) >= 11 is 0. The fourth-order valence-electron chi connectivity index (χ4n) is 0.910. The molecule has 3 nitrogen and oxygen atoms in total. The predicted molar refractivity (Wildman–Crippen MR) is 35.8 cm³/mol. The summed E-state index contributed by atoms with van der Waals surface area (Å²) in [7, 11) is 0. The molecule has 1 aliphatic rings. The van der Waals surface area contributed by atoms with Gasteiger partial charge in [-0.2, -0.15) is 0 Å². The van der Waals surface area contributed by atoms with E-state index in [9.17, 15) is 4.79 Å². The number of carbonyl (C=O) groups is 1. The van der Waals surface area contributed by atoms with E-state index in [1.54, 1.807) is 0 Å². The summed E-state index contributed by atoms with van der Waals surface area (Å²) in [6.07, 6.45) is 3.69. The van der Waals surface area contributed by atoms with Gasteiger partial charge in [-0.25, -0.2) is 4.79 Å². The molecule has 0 atom stereocenters. The molecule has 0 unspecified atom stereocenters. The third-order valence-corrected chi connectivity index (χ3v) is 1.48. The Morgan fingerprint density at radius 3 is 1.90 bits per heavy atom. The Bertz CT molecular complexity index is 99.4. The Balaban J connectivity index is 2.21. The lowest BCUT2D eigenvalue weighted by Crippen LogP contribution is -2.07. The number of ether oxygens (including phenoxy) is 2. The largest absolute Gasteiger partial charge is 0.508 e. The van der Waals surface area contributed by atoms with Gasteiger partial charge in [-0.15, -0.1) is 0 Å². The molecule has 0 aliphatic carbocycles. The molecule has 1 saturated heterocycles. The second-order valence-electron chi connectivity index (χ2n) is 2.36. The molecule has 3 heteroatoms. The highest BCUT2D eigenvalue weighted by Crippen LogP contribution is 2.04. The van der Waals surface area contributed by atoms with Crippen LogP contribution in [0.1, 0.15) is 25.7 Å². The molecule has 0 radical (unpaired) electrons. The first-order valence-electron chi connectivity index (χ1n) is 3.69. The molecule has 0 N–H and O–H groups in total. The topological polar surface area (TPSA) is 35.5 Å². The first kappa shape index (κ1) is 7.38. The Kier molecular flexibility index (Phi) is 3.06. The van der Waals surface area contributed by atoms with Gasteiger partial charge in [0.2, 0.25) is 0 Å². The van der Waals surface area contributed by atoms with E-state index >= 15 is 0 Å². The van der Waals surface area contributed by atoms with Crippen molar-refractivity contribution >= 4 is 6.16 Å². The zero-order valence-electron chi connectivity index (χ0n) is 5.97. The predicted octanol–water partition coefficient (Wildman–Crippen LogP) is 1.71. The average molecular weight is 144 g/mol. The SMILES string of the molecule is O=C1OCCCCCCO1. The number of rotatable bonds is 0. The van der Waals surface area contributed by atoms with Crippen molar-refractivity contribution in [1.29, 1.82) is 0 Å². The normalized spacial score (nSPS) is 21.4. The summed E-state index contributed by atoms with van der Waals surface area (Å²) in [5, 5.41) is 0. The van der Waals surface area contributed by atoms with Crippen molar-refractivity contribution in [1.82, 2.24) is 0 Å². The van der Waals surface area contributed by atoms with Crippen molar-refractivity contribution in [2.24, 2.45) is 0 Å². The van der Waals surface area contributed by atoms with Crippen LogP contribution in [0, 0.1) is 0 Å². The van der Waals surface area contributed by atoms with E-state index in [1.165, 1.54) is 0 Å². The lowest BCUT2D eigenvalue weighted by Gasteiger charge is -2.00. The monoisotopic (exact) mass is 144 g/mol. The Hall–Kier alpha value is -0.730. The molecule has 0 saturated carbocycles. The van der Waals surface area contributed by atoms with Gasteiger partial charge < -0.3 is 9.47 Å². The number of hydrogen-bond acceptors (Lipinski definition) is 3. The highest BCUT2D eigenvalue weighted by molar-refractivity contribution is 5.59. The maximum absolute atomic E-state index is 10.5. The minimum absolute atomic E-state index is 0.512. The zero-order valence-corrected chi connectivity index (χ0v) is 5.97. The second-order valence-corrected chi connectivity index (χ2v) is 2.36. The van der Waals surface area contributed by atoms with Crippen LogP contribution in [0.3, 0.4) is 0 Å². The maximum atomic E-state index is 10.5. The smallest absolute Gasteiger partial charge is 0.434 e. The van der Waals surface area contributed by atoms with Gasteiger partial charge in [-0.1, -0.05) is 0 Å². The minimum atomic E-state index is -0.512. The van der Waals surface area contributed by atoms with E-state index in [4.69, 9.17) is 9.47 Å². The van der Waals surface area contributed by atoms with Crippen LogP contribution in [0.2, 0.25) is 0 Å². The summed E-state index contributed by atoms with van der Waals surface area (Å²) < 4.78 is 9.40. The fourth-order valence-corrected chi connectivity index (χ4v) is 0.910. The van der Waals surface area contributed by atoms with Crippen LogP contribution in [0.15, 0.2) is 0 Å². The van der Waals surface area contributed by atoms with Crippen molar-refractivity contribution in [3.8, 4) is 0 Å². The van der Waals surface area contributed by atoms with E-state index in [0.717, 1.165) is 25.7 Å². The third kappa shape index (κ3) is 2.71. The Labute approximate surface area is 60.3 Å². The van der Waals surface area contributed by atoms with Crippen LogP contribution >= 0.6 is 0 Å². The molecule has 1 aliphatic heterocycles. The van der Waals surface area contributed by atoms with E-state index in [0.29, 0.717) is 13.2 Å². The first-order valence-corrected chi connectivity index (χ1v) is 3.69. The summed E-state index contributed by atoms with van der Waals surface area (Å²) in [4.78, 5) is 10.5. The van der Waals surface area contributed by atoms with E-state index < -0.39 is 6.16 Å². The van der Waals surface area contributed by atoms with Gasteiger partial charge >= 0.3 is 6.16 Å². The van der Waals surface area contributed by atoms with Crippen LogP contribution in [-0.2, 0) is 9.47 Å². The quantitative estimate of drug-likeness (QED) is 0.485. The van der Waals surface area contributed by atoms with E-state index in [1.807, 2.05) is 0 Å². The molecule has 0 aromatic carbocycles. The van der Waals surface area contributed by atoms with E-state index in [2.05, 4.69) is 0 Å². The standard InChI is InChI=1S/C7H12O3/c8-7-9-5-3-1-2-4-6-10-7/h1-6H2. The minimum Gasteiger partial charge on any atom is -0.434 e. The molecule has 1 rings (SSSR count). The Morgan fingerprint density at radius 2 is 1.40 bits per heavy atom. The van der Waals surface area contributed by atoms with Gasteiger partial charge in [0.15, 0.2) is 0 Å². The van der Waals surface area contributed by atoms with Crippen LogP contribution < -0.4 is 0 Å². The number of carbonyl (C=O) groups excluding carboxylic acids is 1. The molecule has 1 heterocycles. The second kappa shape index (κ2) is 4.14. The van der Waals surface area contributed by atoms with Gasteiger partial charge in [-0.05, 0) is 25.7 Å². The van der Waals surface area contributed by atoms with Gasteiger partial charge in [0.05, 0.1) is 13.2 Å². The van der Waals surface area contributed by atoms with Crippen molar-refractivity contribution in [2.45, 2.75) is 25.7 Å². The summed E-state index contributed by atoms with van der Waals surface area (Å²) in [6, 6.07) is 0. The molecule has 0 spiro atoms. The van der Waals surface area contributed by atoms with Gasteiger partial charge in [0.25, 0.3) is 0 Å². The van der Waals surface area contributed by atoms with Crippen LogP contribution in [0.5, 0.6) is 0 Å². The van der Waals surface area contributed by atoms with Gasteiger partial charge in [0.1, 0.15) is 0 Å². The zero-order chi connectivity index (χ0) is 7.23. The highest BCUT2D eigenvalue weighted by Gasteiger charge is 2.04. The van der Waals surface area contributed by atoms with Crippen LogP contribution in [-0.4, -0.2) is 19.4 Å². The summed E-state index contributed by atoms with van der Waals surface area (Å²) in [5.74, 6) is 0.